The molecule has 29 heavy (non-hydrogen) atoms. The van der Waals surface area contributed by atoms with Crippen LogP contribution in [0.1, 0.15) is 17.5 Å². The zero-order chi connectivity index (χ0) is 21.0. The lowest BCUT2D eigenvalue weighted by Crippen LogP contribution is -2.30. The van der Waals surface area contributed by atoms with Crippen molar-refractivity contribution in [2.75, 3.05) is 13.1 Å². The third-order valence-corrected chi connectivity index (χ3v) is 5.34. The molecule has 0 saturated heterocycles. The van der Waals surface area contributed by atoms with Crippen LogP contribution in [0.2, 0.25) is 10.0 Å². The third-order valence-electron chi connectivity index (χ3n) is 4.60. The van der Waals surface area contributed by atoms with Gasteiger partial charge in [0.2, 0.25) is 0 Å². The number of aryl methyl sites for hydroxylation is 1. The highest BCUT2D eigenvalue weighted by atomic mass is 35.5. The summed E-state index contributed by atoms with van der Waals surface area (Å²) in [6.07, 6.45) is 1.35. The van der Waals surface area contributed by atoms with Crippen molar-refractivity contribution in [2.45, 2.75) is 19.4 Å². The molecule has 2 N–H and O–H groups in total. The Morgan fingerprint density at radius 1 is 1.10 bits per heavy atom. The predicted molar refractivity (Wildman–Crippen MR) is 109 cm³/mol. The highest BCUT2D eigenvalue weighted by Gasteiger charge is 2.33. The molecule has 0 radical (unpaired) electrons. The van der Waals surface area contributed by atoms with Gasteiger partial charge < -0.3 is 15.3 Å². The van der Waals surface area contributed by atoms with Gasteiger partial charge in [0.15, 0.2) is 5.76 Å². The molecule has 0 saturated carbocycles. The summed E-state index contributed by atoms with van der Waals surface area (Å²) in [5.74, 6) is -2.01. The minimum Gasteiger partial charge on any atom is -0.503 e. The molecule has 0 spiro atoms. The molecule has 1 aliphatic heterocycles. The fourth-order valence-electron chi connectivity index (χ4n) is 3.03. The summed E-state index contributed by atoms with van der Waals surface area (Å²) in [5, 5.41) is 13.7. The van der Waals surface area contributed by atoms with Crippen LogP contribution in [0, 0.1) is 5.82 Å². The monoisotopic (exact) mass is 436 g/mol. The summed E-state index contributed by atoms with van der Waals surface area (Å²) >= 11 is 11.9. The van der Waals surface area contributed by atoms with Crippen molar-refractivity contribution < 1.29 is 19.1 Å². The van der Waals surface area contributed by atoms with Gasteiger partial charge in [-0.1, -0.05) is 41.4 Å². The van der Waals surface area contributed by atoms with Gasteiger partial charge in [-0.2, -0.15) is 0 Å². The number of rotatable bonds is 7. The number of hydrogen-bond acceptors (Lipinski definition) is 3. The first-order valence-corrected chi connectivity index (χ1v) is 9.78. The highest BCUT2D eigenvalue weighted by molar-refractivity contribution is 6.42. The van der Waals surface area contributed by atoms with E-state index >= 15 is 0 Å². The number of nitrogens with zero attached hydrogens (tertiary/aromatic N) is 1. The SMILES string of the molecule is O=C(NCCCc1ccc(Cl)c(Cl)c1)C1=C(O)C(=O)N(Cc2ccc(F)cc2)C1. The Bertz CT molecular complexity index is 961. The maximum atomic E-state index is 13.0. The summed E-state index contributed by atoms with van der Waals surface area (Å²) in [6, 6.07) is 11.1. The number of benzene rings is 2. The Labute approximate surface area is 177 Å². The van der Waals surface area contributed by atoms with Crippen LogP contribution in [0.15, 0.2) is 53.8 Å². The van der Waals surface area contributed by atoms with E-state index in [0.717, 1.165) is 5.56 Å². The second kappa shape index (κ2) is 9.29. The van der Waals surface area contributed by atoms with E-state index in [-0.39, 0.29) is 24.5 Å². The minimum absolute atomic E-state index is 0.000663. The molecule has 152 valence electrons. The van der Waals surface area contributed by atoms with Gasteiger partial charge in [-0.3, -0.25) is 9.59 Å². The second-order valence-electron chi connectivity index (χ2n) is 6.72. The summed E-state index contributed by atoms with van der Waals surface area (Å²) in [4.78, 5) is 25.9. The zero-order valence-corrected chi connectivity index (χ0v) is 16.9. The summed E-state index contributed by atoms with van der Waals surface area (Å²) in [5.41, 5.74) is 1.74. The molecule has 2 aromatic rings. The summed E-state index contributed by atoms with van der Waals surface area (Å²) in [7, 11) is 0. The standard InChI is InChI=1S/C21H19Cl2FN2O3/c22-17-8-5-13(10-18(17)23)2-1-9-25-20(28)16-12-26(21(29)19(16)27)11-14-3-6-15(24)7-4-14/h3-8,10,27H,1-2,9,11-12H2,(H,25,28). The predicted octanol–water partition coefficient (Wildman–Crippen LogP) is 4.04. The lowest BCUT2D eigenvalue weighted by Gasteiger charge is -2.16. The molecular formula is C21H19Cl2FN2O3. The fraction of sp³-hybridized carbons (Fsp3) is 0.238. The van der Waals surface area contributed by atoms with E-state index < -0.39 is 17.6 Å². The summed E-state index contributed by atoms with van der Waals surface area (Å²) in [6.45, 7) is 0.556. The van der Waals surface area contributed by atoms with Crippen LogP contribution in [0.5, 0.6) is 0 Å². The molecule has 5 nitrogen and oxygen atoms in total. The lowest BCUT2D eigenvalue weighted by molar-refractivity contribution is -0.128. The maximum Gasteiger partial charge on any atom is 0.289 e. The number of carbonyl (C=O) groups excluding carboxylic acids is 2. The maximum absolute atomic E-state index is 13.0. The summed E-state index contributed by atoms with van der Waals surface area (Å²) < 4.78 is 13.0. The molecule has 0 bridgehead atoms. The van der Waals surface area contributed by atoms with Crippen molar-refractivity contribution in [3.05, 3.63) is 80.8 Å². The van der Waals surface area contributed by atoms with Crippen LogP contribution in [-0.4, -0.2) is 34.9 Å². The van der Waals surface area contributed by atoms with Crippen LogP contribution in [-0.2, 0) is 22.6 Å². The largest absolute Gasteiger partial charge is 0.503 e. The Balaban J connectivity index is 1.50. The van der Waals surface area contributed by atoms with Crippen molar-refractivity contribution in [3.63, 3.8) is 0 Å². The van der Waals surface area contributed by atoms with Crippen molar-refractivity contribution in [2.24, 2.45) is 0 Å². The molecular weight excluding hydrogens is 418 g/mol. The van der Waals surface area contributed by atoms with E-state index in [1.54, 1.807) is 24.3 Å². The van der Waals surface area contributed by atoms with Crippen molar-refractivity contribution in [1.29, 1.82) is 0 Å². The smallest absolute Gasteiger partial charge is 0.289 e. The lowest BCUT2D eigenvalue weighted by atomic mass is 10.1. The van der Waals surface area contributed by atoms with Crippen LogP contribution in [0.3, 0.4) is 0 Å². The van der Waals surface area contributed by atoms with Gasteiger partial charge in [0.1, 0.15) is 5.82 Å². The van der Waals surface area contributed by atoms with Crippen LogP contribution >= 0.6 is 23.2 Å². The van der Waals surface area contributed by atoms with Crippen molar-refractivity contribution >= 4 is 35.0 Å². The molecule has 8 heteroatoms. The van der Waals surface area contributed by atoms with Crippen LogP contribution < -0.4 is 5.32 Å². The number of carbonyl (C=O) groups is 2. The number of nitrogens with one attached hydrogen (secondary N) is 1. The first-order chi connectivity index (χ1) is 13.8. The van der Waals surface area contributed by atoms with Gasteiger partial charge in [0.25, 0.3) is 11.8 Å². The van der Waals surface area contributed by atoms with E-state index in [0.29, 0.717) is 35.0 Å². The Morgan fingerprint density at radius 3 is 2.48 bits per heavy atom. The van der Waals surface area contributed by atoms with E-state index in [1.807, 2.05) is 6.07 Å². The van der Waals surface area contributed by atoms with Gasteiger partial charge in [0, 0.05) is 13.1 Å². The van der Waals surface area contributed by atoms with Crippen LogP contribution in [0.4, 0.5) is 4.39 Å². The first kappa shape index (κ1) is 21.1. The van der Waals surface area contributed by atoms with Gasteiger partial charge in [-0.25, -0.2) is 4.39 Å². The van der Waals surface area contributed by atoms with Gasteiger partial charge in [-0.15, -0.1) is 0 Å². The average Bonchev–Trinajstić information content (AvgIpc) is 2.98. The number of amides is 2. The highest BCUT2D eigenvalue weighted by Crippen LogP contribution is 2.23. The minimum atomic E-state index is -0.615. The molecule has 2 amide bonds. The first-order valence-electron chi connectivity index (χ1n) is 9.03. The fourth-order valence-corrected chi connectivity index (χ4v) is 3.35. The van der Waals surface area contributed by atoms with E-state index in [1.165, 1.54) is 17.0 Å². The molecule has 1 aliphatic rings. The number of aliphatic hydroxyl groups is 1. The molecule has 0 fully saturated rings. The molecule has 0 aliphatic carbocycles. The molecule has 0 aromatic heterocycles. The molecule has 1 heterocycles. The Kier molecular flexibility index (Phi) is 6.77. The normalized spacial score (nSPS) is 13.9. The van der Waals surface area contributed by atoms with Gasteiger partial charge in [0.05, 0.1) is 22.2 Å². The van der Waals surface area contributed by atoms with Gasteiger partial charge >= 0.3 is 0 Å². The van der Waals surface area contributed by atoms with Crippen molar-refractivity contribution in [3.8, 4) is 0 Å². The number of hydrogen-bond donors (Lipinski definition) is 2. The Morgan fingerprint density at radius 2 is 1.79 bits per heavy atom. The van der Waals surface area contributed by atoms with Crippen molar-refractivity contribution in [1.82, 2.24) is 10.2 Å². The van der Waals surface area contributed by atoms with E-state index in [4.69, 9.17) is 23.2 Å². The Hall–Kier alpha value is -2.57. The van der Waals surface area contributed by atoms with Gasteiger partial charge in [-0.05, 0) is 48.2 Å². The zero-order valence-electron chi connectivity index (χ0n) is 15.4. The topological polar surface area (TPSA) is 69.6 Å². The quantitative estimate of drug-likeness (QED) is 0.643. The van der Waals surface area contributed by atoms with E-state index in [9.17, 15) is 19.1 Å². The second-order valence-corrected chi connectivity index (χ2v) is 7.54. The molecule has 2 aromatic carbocycles. The number of aliphatic hydroxyl groups excluding tert-OH is 1. The molecule has 3 rings (SSSR count). The molecule has 0 atom stereocenters. The van der Waals surface area contributed by atoms with Crippen LogP contribution in [0.25, 0.3) is 0 Å². The third kappa shape index (κ3) is 5.28. The van der Waals surface area contributed by atoms with E-state index in [2.05, 4.69) is 5.32 Å². The average molecular weight is 437 g/mol. The molecule has 0 unspecified atom stereocenters. The number of halogens is 3.